The molecule has 0 saturated carbocycles. The molecular formula is C8H11F3O4S. The lowest BCUT2D eigenvalue weighted by Crippen LogP contribution is -2.40. The van der Waals surface area contributed by atoms with Gasteiger partial charge in [-0.05, 0) is 6.42 Å². The van der Waals surface area contributed by atoms with E-state index in [2.05, 4.69) is 17.4 Å². The van der Waals surface area contributed by atoms with E-state index in [-0.39, 0.29) is 12.2 Å². The Labute approximate surface area is 95.2 Å². The summed E-state index contributed by atoms with van der Waals surface area (Å²) in [6.45, 7) is 0.618. The lowest BCUT2D eigenvalue weighted by atomic mass is 9.88. The van der Waals surface area contributed by atoms with Crippen molar-refractivity contribution in [1.82, 2.24) is 0 Å². The first-order valence-corrected chi connectivity index (χ1v) is 4.91. The molecule has 0 fully saturated rings. The number of ether oxygens (including phenoxy) is 1. The van der Waals surface area contributed by atoms with Crippen molar-refractivity contribution in [1.29, 1.82) is 0 Å². The van der Waals surface area contributed by atoms with Gasteiger partial charge in [0.15, 0.2) is 0 Å². The quantitative estimate of drug-likeness (QED) is 0.581. The van der Waals surface area contributed by atoms with Crippen LogP contribution in [0, 0.1) is 5.41 Å². The maximum absolute atomic E-state index is 11.8. The number of carboxylic acid groups (broad SMARTS) is 1. The molecule has 0 spiro atoms. The van der Waals surface area contributed by atoms with E-state index in [0.717, 1.165) is 0 Å². The standard InChI is InChI=1S/C8H11F3O4S/c1-2-7(4-16,5(12)13)3-15-6(14)8(9,10)11/h16H,2-4H2,1H3,(H,12,13). The summed E-state index contributed by atoms with van der Waals surface area (Å²) in [5.41, 5.74) is -1.58. The number of carbonyl (C=O) groups excluding carboxylic acids is 1. The summed E-state index contributed by atoms with van der Waals surface area (Å²) in [7, 11) is 0. The van der Waals surface area contributed by atoms with Gasteiger partial charge in [-0.25, -0.2) is 4.79 Å². The van der Waals surface area contributed by atoms with Gasteiger partial charge in [0.05, 0.1) is 0 Å². The normalized spacial score (nSPS) is 15.3. The lowest BCUT2D eigenvalue weighted by molar-refractivity contribution is -0.203. The SMILES string of the molecule is CCC(CS)(COC(=O)C(F)(F)F)C(=O)O. The van der Waals surface area contributed by atoms with Crippen molar-refractivity contribution >= 4 is 24.6 Å². The van der Waals surface area contributed by atoms with Gasteiger partial charge < -0.3 is 9.84 Å². The second-order valence-corrected chi connectivity index (χ2v) is 3.49. The molecule has 1 atom stereocenters. The van der Waals surface area contributed by atoms with Gasteiger partial charge in [0.25, 0.3) is 0 Å². The maximum atomic E-state index is 11.8. The van der Waals surface area contributed by atoms with Gasteiger partial charge in [-0.2, -0.15) is 25.8 Å². The highest BCUT2D eigenvalue weighted by atomic mass is 32.1. The van der Waals surface area contributed by atoms with E-state index in [1.54, 1.807) is 0 Å². The molecule has 8 heteroatoms. The van der Waals surface area contributed by atoms with Crippen LogP contribution in [0.4, 0.5) is 13.2 Å². The number of hydrogen-bond donors (Lipinski definition) is 2. The lowest BCUT2D eigenvalue weighted by Gasteiger charge is -2.25. The third kappa shape index (κ3) is 3.58. The monoisotopic (exact) mass is 260 g/mol. The Morgan fingerprint density at radius 2 is 1.88 bits per heavy atom. The van der Waals surface area contributed by atoms with Crippen molar-refractivity contribution in [3.63, 3.8) is 0 Å². The Bertz CT molecular complexity index is 273. The minimum atomic E-state index is -5.12. The Balaban J connectivity index is 4.57. The summed E-state index contributed by atoms with van der Waals surface area (Å²) in [5, 5.41) is 8.82. The number of alkyl halides is 3. The maximum Gasteiger partial charge on any atom is 0.490 e. The van der Waals surface area contributed by atoms with Gasteiger partial charge in [-0.3, -0.25) is 4.79 Å². The van der Waals surface area contributed by atoms with Gasteiger partial charge in [0.2, 0.25) is 0 Å². The van der Waals surface area contributed by atoms with Crippen LogP contribution in [0.1, 0.15) is 13.3 Å². The minimum Gasteiger partial charge on any atom is -0.481 e. The van der Waals surface area contributed by atoms with Crippen LogP contribution in [-0.2, 0) is 14.3 Å². The van der Waals surface area contributed by atoms with Gasteiger partial charge in [0, 0.05) is 5.75 Å². The number of rotatable bonds is 5. The first kappa shape index (κ1) is 15.1. The molecule has 0 heterocycles. The summed E-state index contributed by atoms with van der Waals surface area (Å²) in [4.78, 5) is 21.2. The third-order valence-electron chi connectivity index (χ3n) is 2.14. The molecule has 0 radical (unpaired) electrons. The number of carbonyl (C=O) groups is 2. The van der Waals surface area contributed by atoms with Gasteiger partial charge in [-0.15, -0.1) is 0 Å². The Kier molecular flexibility index (Phi) is 5.11. The zero-order valence-corrected chi connectivity index (χ0v) is 9.27. The molecule has 0 rings (SSSR count). The highest BCUT2D eigenvalue weighted by molar-refractivity contribution is 7.80. The fraction of sp³-hybridized carbons (Fsp3) is 0.750. The van der Waals surface area contributed by atoms with Crippen LogP contribution in [-0.4, -0.2) is 35.6 Å². The second-order valence-electron chi connectivity index (χ2n) is 3.17. The average molecular weight is 260 g/mol. The van der Waals surface area contributed by atoms with Crippen molar-refractivity contribution in [2.75, 3.05) is 12.4 Å². The number of hydrogen-bond acceptors (Lipinski definition) is 4. The molecule has 0 aliphatic heterocycles. The van der Waals surface area contributed by atoms with Gasteiger partial charge in [-0.1, -0.05) is 6.92 Å². The van der Waals surface area contributed by atoms with E-state index < -0.39 is 30.1 Å². The first-order chi connectivity index (χ1) is 7.19. The summed E-state index contributed by atoms with van der Waals surface area (Å²) in [5.74, 6) is -3.96. The molecule has 94 valence electrons. The Morgan fingerprint density at radius 3 is 2.12 bits per heavy atom. The summed E-state index contributed by atoms with van der Waals surface area (Å²) in [6.07, 6.45) is -5.11. The molecule has 16 heavy (non-hydrogen) atoms. The molecule has 0 aromatic carbocycles. The Hall–Kier alpha value is -0.920. The molecule has 4 nitrogen and oxygen atoms in total. The van der Waals surface area contributed by atoms with E-state index in [4.69, 9.17) is 5.11 Å². The predicted octanol–water partition coefficient (Wildman–Crippen LogP) is 1.50. The van der Waals surface area contributed by atoms with Crippen molar-refractivity contribution in [2.45, 2.75) is 19.5 Å². The smallest absolute Gasteiger partial charge is 0.481 e. The third-order valence-corrected chi connectivity index (χ3v) is 2.75. The summed E-state index contributed by atoms with van der Waals surface area (Å²) in [6, 6.07) is 0. The van der Waals surface area contributed by atoms with Crippen LogP contribution in [0.5, 0.6) is 0 Å². The van der Waals surface area contributed by atoms with Crippen LogP contribution in [0.15, 0.2) is 0 Å². The summed E-state index contributed by atoms with van der Waals surface area (Å²) >= 11 is 3.74. The topological polar surface area (TPSA) is 63.6 Å². The number of halogens is 3. The molecule has 0 aliphatic carbocycles. The predicted molar refractivity (Wildman–Crippen MR) is 51.2 cm³/mol. The zero-order valence-electron chi connectivity index (χ0n) is 8.37. The molecule has 0 bridgehead atoms. The van der Waals surface area contributed by atoms with E-state index >= 15 is 0 Å². The molecule has 0 saturated heterocycles. The molecule has 1 N–H and O–H groups in total. The highest BCUT2D eigenvalue weighted by Gasteiger charge is 2.44. The number of aliphatic carboxylic acids is 1. The largest absolute Gasteiger partial charge is 0.490 e. The summed E-state index contributed by atoms with van der Waals surface area (Å²) < 4.78 is 39.3. The van der Waals surface area contributed by atoms with Crippen molar-refractivity contribution in [3.8, 4) is 0 Å². The molecule has 0 aliphatic rings. The van der Waals surface area contributed by atoms with Crippen LogP contribution < -0.4 is 0 Å². The van der Waals surface area contributed by atoms with Crippen molar-refractivity contribution in [2.24, 2.45) is 5.41 Å². The number of thiol groups is 1. The van der Waals surface area contributed by atoms with Crippen LogP contribution in [0.3, 0.4) is 0 Å². The highest BCUT2D eigenvalue weighted by Crippen LogP contribution is 2.26. The zero-order chi connectivity index (χ0) is 13.0. The molecule has 0 aromatic rings. The van der Waals surface area contributed by atoms with Crippen molar-refractivity contribution < 1.29 is 32.6 Å². The molecule has 1 unspecified atom stereocenters. The van der Waals surface area contributed by atoms with E-state index in [1.807, 2.05) is 0 Å². The van der Waals surface area contributed by atoms with Crippen LogP contribution in [0.25, 0.3) is 0 Å². The van der Waals surface area contributed by atoms with Gasteiger partial charge in [0.1, 0.15) is 12.0 Å². The van der Waals surface area contributed by atoms with E-state index in [9.17, 15) is 22.8 Å². The van der Waals surface area contributed by atoms with Crippen LogP contribution in [0.2, 0.25) is 0 Å². The fourth-order valence-corrected chi connectivity index (χ4v) is 1.28. The van der Waals surface area contributed by atoms with Crippen molar-refractivity contribution in [3.05, 3.63) is 0 Å². The number of carboxylic acids is 1. The minimum absolute atomic E-state index is 0.0109. The fourth-order valence-electron chi connectivity index (χ4n) is 0.826. The second kappa shape index (κ2) is 5.42. The molecule has 0 aromatic heterocycles. The first-order valence-electron chi connectivity index (χ1n) is 4.28. The number of esters is 1. The average Bonchev–Trinajstić information content (AvgIpc) is 2.17. The van der Waals surface area contributed by atoms with Gasteiger partial charge >= 0.3 is 18.1 Å². The van der Waals surface area contributed by atoms with E-state index in [1.165, 1.54) is 6.92 Å². The molecule has 0 amide bonds. The van der Waals surface area contributed by atoms with E-state index in [0.29, 0.717) is 0 Å². The Morgan fingerprint density at radius 1 is 1.38 bits per heavy atom. The molecular weight excluding hydrogens is 249 g/mol. The van der Waals surface area contributed by atoms with Crippen LogP contribution >= 0.6 is 12.6 Å².